The average Bonchev–Trinajstić information content (AvgIpc) is 3.28. The summed E-state index contributed by atoms with van der Waals surface area (Å²) in [7, 11) is 0. The van der Waals surface area contributed by atoms with Crippen LogP contribution in [0.1, 0.15) is 33.6 Å². The minimum absolute atomic E-state index is 0.157. The van der Waals surface area contributed by atoms with Crippen LogP contribution in [0.25, 0.3) is 0 Å². The monoisotopic (exact) mass is 417 g/mol. The molecule has 8 heteroatoms. The molecule has 2 aliphatic heterocycles. The molecule has 0 saturated carbocycles. The SMILES string of the molecule is O=C(CN1C(=O)c2cc(Cl)c(Cl)cc2C1=O)Nc1ccccc1N1CCCC1. The molecule has 2 heterocycles. The van der Waals surface area contributed by atoms with E-state index in [4.69, 9.17) is 23.2 Å². The fourth-order valence-electron chi connectivity index (χ4n) is 3.57. The third-order valence-corrected chi connectivity index (χ3v) is 5.66. The molecule has 0 spiro atoms. The average molecular weight is 418 g/mol. The molecule has 2 aromatic rings. The van der Waals surface area contributed by atoms with Gasteiger partial charge < -0.3 is 10.2 Å². The summed E-state index contributed by atoms with van der Waals surface area (Å²) in [4.78, 5) is 40.8. The van der Waals surface area contributed by atoms with E-state index in [-0.39, 0.29) is 27.7 Å². The van der Waals surface area contributed by atoms with Crippen LogP contribution in [0, 0.1) is 0 Å². The molecular weight excluding hydrogens is 401 g/mol. The predicted octanol–water partition coefficient (Wildman–Crippen LogP) is 3.83. The molecule has 1 saturated heterocycles. The molecule has 4 rings (SSSR count). The minimum Gasteiger partial charge on any atom is -0.370 e. The van der Waals surface area contributed by atoms with Gasteiger partial charge in [-0.2, -0.15) is 0 Å². The van der Waals surface area contributed by atoms with Gasteiger partial charge in [-0.15, -0.1) is 0 Å². The van der Waals surface area contributed by atoms with Crippen molar-refractivity contribution < 1.29 is 14.4 Å². The van der Waals surface area contributed by atoms with Crippen molar-refractivity contribution in [2.45, 2.75) is 12.8 Å². The summed E-state index contributed by atoms with van der Waals surface area (Å²) in [6.07, 6.45) is 2.23. The number of carbonyl (C=O) groups excluding carboxylic acids is 3. The number of anilines is 2. The Morgan fingerprint density at radius 2 is 1.54 bits per heavy atom. The zero-order chi connectivity index (χ0) is 19.8. The van der Waals surface area contributed by atoms with Gasteiger partial charge in [-0.05, 0) is 37.1 Å². The Hall–Kier alpha value is -2.57. The van der Waals surface area contributed by atoms with E-state index in [1.165, 1.54) is 12.1 Å². The van der Waals surface area contributed by atoms with Crippen molar-refractivity contribution in [3.05, 3.63) is 57.6 Å². The molecule has 2 aromatic carbocycles. The number of para-hydroxylation sites is 2. The fourth-order valence-corrected chi connectivity index (χ4v) is 3.90. The van der Waals surface area contributed by atoms with Gasteiger partial charge in [0.2, 0.25) is 5.91 Å². The van der Waals surface area contributed by atoms with Crippen molar-refractivity contribution in [3.63, 3.8) is 0 Å². The van der Waals surface area contributed by atoms with Crippen molar-refractivity contribution in [3.8, 4) is 0 Å². The van der Waals surface area contributed by atoms with Gasteiger partial charge in [0.05, 0.1) is 32.5 Å². The van der Waals surface area contributed by atoms with Gasteiger partial charge in [-0.1, -0.05) is 35.3 Å². The maximum Gasteiger partial charge on any atom is 0.262 e. The van der Waals surface area contributed by atoms with E-state index < -0.39 is 17.7 Å². The molecule has 0 unspecified atom stereocenters. The van der Waals surface area contributed by atoms with E-state index in [9.17, 15) is 14.4 Å². The van der Waals surface area contributed by atoms with Crippen LogP contribution in [-0.4, -0.2) is 42.3 Å². The predicted molar refractivity (Wildman–Crippen MR) is 108 cm³/mol. The molecular formula is C20H17Cl2N3O3. The second-order valence-corrected chi connectivity index (χ2v) is 7.58. The molecule has 0 radical (unpaired) electrons. The quantitative estimate of drug-likeness (QED) is 0.767. The molecule has 0 aromatic heterocycles. The largest absolute Gasteiger partial charge is 0.370 e. The van der Waals surface area contributed by atoms with Crippen molar-refractivity contribution in [1.29, 1.82) is 0 Å². The Morgan fingerprint density at radius 3 is 2.14 bits per heavy atom. The Kier molecular flexibility index (Phi) is 5.00. The number of halogens is 2. The Balaban J connectivity index is 1.51. The number of rotatable bonds is 4. The molecule has 144 valence electrons. The van der Waals surface area contributed by atoms with E-state index in [0.717, 1.165) is 36.5 Å². The minimum atomic E-state index is -0.554. The lowest BCUT2D eigenvalue weighted by Crippen LogP contribution is -2.37. The summed E-state index contributed by atoms with van der Waals surface area (Å²) < 4.78 is 0. The van der Waals surface area contributed by atoms with E-state index >= 15 is 0 Å². The van der Waals surface area contributed by atoms with Gasteiger partial charge in [0.15, 0.2) is 0 Å². The maximum absolute atomic E-state index is 12.6. The first-order chi connectivity index (χ1) is 13.5. The lowest BCUT2D eigenvalue weighted by molar-refractivity contribution is -0.116. The highest BCUT2D eigenvalue weighted by molar-refractivity contribution is 6.43. The molecule has 0 atom stereocenters. The van der Waals surface area contributed by atoms with Crippen LogP contribution in [0.4, 0.5) is 11.4 Å². The highest BCUT2D eigenvalue weighted by Gasteiger charge is 2.37. The van der Waals surface area contributed by atoms with Crippen LogP contribution in [0.5, 0.6) is 0 Å². The van der Waals surface area contributed by atoms with E-state index in [1.54, 1.807) is 0 Å². The van der Waals surface area contributed by atoms with Gasteiger partial charge in [0, 0.05) is 13.1 Å². The van der Waals surface area contributed by atoms with Crippen molar-refractivity contribution in [2.75, 3.05) is 29.9 Å². The summed E-state index contributed by atoms with van der Waals surface area (Å²) in [6, 6.07) is 10.2. The normalized spacial score (nSPS) is 15.9. The third kappa shape index (κ3) is 3.34. The summed E-state index contributed by atoms with van der Waals surface area (Å²) >= 11 is 11.9. The number of amides is 3. The molecule has 2 aliphatic rings. The topological polar surface area (TPSA) is 69.7 Å². The molecule has 1 fully saturated rings. The summed E-state index contributed by atoms with van der Waals surface area (Å²) in [6.45, 7) is 1.50. The lowest BCUT2D eigenvalue weighted by Gasteiger charge is -2.22. The molecule has 28 heavy (non-hydrogen) atoms. The van der Waals surface area contributed by atoms with Gasteiger partial charge >= 0.3 is 0 Å². The first-order valence-corrected chi connectivity index (χ1v) is 9.70. The van der Waals surface area contributed by atoms with E-state index in [1.807, 2.05) is 24.3 Å². The second-order valence-electron chi connectivity index (χ2n) is 6.77. The molecule has 6 nitrogen and oxygen atoms in total. The van der Waals surface area contributed by atoms with Crippen molar-refractivity contribution in [2.24, 2.45) is 0 Å². The van der Waals surface area contributed by atoms with Crippen LogP contribution in [0.15, 0.2) is 36.4 Å². The number of carbonyl (C=O) groups is 3. The fraction of sp³-hybridized carbons (Fsp3) is 0.250. The molecule has 3 amide bonds. The van der Waals surface area contributed by atoms with Gasteiger partial charge in [-0.3, -0.25) is 19.3 Å². The molecule has 1 N–H and O–H groups in total. The van der Waals surface area contributed by atoms with Crippen LogP contribution in [0.2, 0.25) is 10.0 Å². The second kappa shape index (κ2) is 7.45. The smallest absolute Gasteiger partial charge is 0.262 e. The lowest BCUT2D eigenvalue weighted by atomic mass is 10.1. The zero-order valence-electron chi connectivity index (χ0n) is 14.9. The highest BCUT2D eigenvalue weighted by atomic mass is 35.5. The van der Waals surface area contributed by atoms with Crippen LogP contribution in [0.3, 0.4) is 0 Å². The van der Waals surface area contributed by atoms with Crippen LogP contribution >= 0.6 is 23.2 Å². The maximum atomic E-state index is 12.6. The summed E-state index contributed by atoms with van der Waals surface area (Å²) in [5, 5.41) is 3.20. The van der Waals surface area contributed by atoms with Crippen molar-refractivity contribution in [1.82, 2.24) is 4.90 Å². The summed E-state index contributed by atoms with van der Waals surface area (Å²) in [5.74, 6) is -1.55. The van der Waals surface area contributed by atoms with E-state index in [0.29, 0.717) is 5.69 Å². The summed E-state index contributed by atoms with van der Waals surface area (Å²) in [5.41, 5.74) is 1.92. The van der Waals surface area contributed by atoms with Crippen molar-refractivity contribution >= 4 is 52.3 Å². The highest BCUT2D eigenvalue weighted by Crippen LogP contribution is 2.32. The van der Waals surface area contributed by atoms with Gasteiger partial charge in [0.1, 0.15) is 6.54 Å². The molecule has 0 bridgehead atoms. The Labute approximate surface area is 172 Å². The number of nitrogens with one attached hydrogen (secondary N) is 1. The first kappa shape index (κ1) is 18.8. The standard InChI is InChI=1S/C20H17Cl2N3O3/c21-14-9-12-13(10-15(14)22)20(28)25(19(12)27)11-18(26)23-16-5-1-2-6-17(16)24-7-3-4-8-24/h1-2,5-6,9-10H,3-4,7-8,11H2,(H,23,26). The Bertz CT molecular complexity index is 946. The van der Waals surface area contributed by atoms with Gasteiger partial charge in [0.25, 0.3) is 11.8 Å². The first-order valence-electron chi connectivity index (χ1n) is 8.95. The number of fused-ring (bicyclic) bond motifs is 1. The third-order valence-electron chi connectivity index (χ3n) is 4.94. The van der Waals surface area contributed by atoms with Crippen LogP contribution < -0.4 is 10.2 Å². The van der Waals surface area contributed by atoms with Gasteiger partial charge in [-0.25, -0.2) is 0 Å². The zero-order valence-corrected chi connectivity index (χ0v) is 16.4. The Morgan fingerprint density at radius 1 is 0.964 bits per heavy atom. The number of hydrogen-bond donors (Lipinski definition) is 1. The number of imide groups is 1. The van der Waals surface area contributed by atoms with E-state index in [2.05, 4.69) is 10.2 Å². The number of nitrogens with zero attached hydrogens (tertiary/aromatic N) is 2. The number of benzene rings is 2. The molecule has 0 aliphatic carbocycles. The van der Waals surface area contributed by atoms with Crippen LogP contribution in [-0.2, 0) is 4.79 Å². The number of hydrogen-bond acceptors (Lipinski definition) is 4.